The van der Waals surface area contributed by atoms with Crippen LogP contribution in [0, 0.1) is 11.3 Å². The van der Waals surface area contributed by atoms with Crippen LogP contribution < -0.4 is 24.8 Å². The molecule has 2 heterocycles. The number of rotatable bonds is 19. The van der Waals surface area contributed by atoms with Gasteiger partial charge in [0.2, 0.25) is 11.8 Å². The van der Waals surface area contributed by atoms with E-state index in [2.05, 4.69) is 33.8 Å². The Morgan fingerprint density at radius 2 is 1.78 bits per heavy atom. The lowest BCUT2D eigenvalue weighted by atomic mass is 9.94. The Bertz CT molecular complexity index is 2130. The first-order valence-corrected chi connectivity index (χ1v) is 18.4. The van der Waals surface area contributed by atoms with Crippen LogP contribution in [0.25, 0.3) is 22.3 Å². The number of carbonyl (C=O) groups is 1. The number of benzene rings is 3. The van der Waals surface area contributed by atoms with E-state index in [9.17, 15) is 15.2 Å². The summed E-state index contributed by atoms with van der Waals surface area (Å²) in [6, 6.07) is 27.4. The fourth-order valence-electron chi connectivity index (χ4n) is 6.48. The fraction of sp³-hybridized carbons (Fsp3) is 0.286. The van der Waals surface area contributed by atoms with Crippen molar-refractivity contribution in [2.75, 3.05) is 32.8 Å². The van der Waals surface area contributed by atoms with E-state index in [1.807, 2.05) is 54.6 Å². The molecule has 1 aliphatic carbocycles. The number of aliphatic carboxylic acids is 1. The third-order valence-electron chi connectivity index (χ3n) is 9.09. The number of nitrogens with zero attached hydrogens (tertiary/aromatic N) is 3. The summed E-state index contributed by atoms with van der Waals surface area (Å²) in [7, 11) is 0. The summed E-state index contributed by atoms with van der Waals surface area (Å²) in [4.78, 5) is 19.8. The van der Waals surface area contributed by atoms with Crippen molar-refractivity contribution in [1.29, 1.82) is 5.26 Å². The molecule has 55 heavy (non-hydrogen) atoms. The lowest BCUT2D eigenvalue weighted by Gasteiger charge is -2.18. The summed E-state index contributed by atoms with van der Waals surface area (Å²) in [5.41, 5.74) is 7.85. The number of carboxylic acids is 1. The van der Waals surface area contributed by atoms with Crippen LogP contribution in [0.3, 0.4) is 0 Å². The van der Waals surface area contributed by atoms with E-state index in [0.717, 1.165) is 52.0 Å². The van der Waals surface area contributed by atoms with Crippen LogP contribution in [0.15, 0.2) is 91.3 Å². The van der Waals surface area contributed by atoms with Crippen LogP contribution in [-0.2, 0) is 24.4 Å². The van der Waals surface area contributed by atoms with Gasteiger partial charge in [-0.1, -0.05) is 60.1 Å². The number of nitrogens with one attached hydrogen (secondary N) is 2. The van der Waals surface area contributed by atoms with E-state index in [4.69, 9.17) is 41.0 Å². The number of pyridine rings is 2. The quantitative estimate of drug-likeness (QED) is 0.0633. The minimum absolute atomic E-state index is 0.0683. The van der Waals surface area contributed by atoms with Gasteiger partial charge in [0.05, 0.1) is 29.7 Å². The standard InChI is InChI=1S/C42H42ClN5O7/c43-41-33(29-7-10-32(11-8-29)53-18-16-45-15-17-49)3-1-6-37(41)34-4-2-5-36-35(34)12-13-38(36)55-39-14-9-30(24-47-25-31(50)20-40(51)52)42(48-39)54-26-28-19-27(21-44)22-46-23-28/h1-11,14,19,22-23,31,38,45,47,49-50H,12-13,15-18,20,24-26H2,(H,51,52)/t31-,38-/m0/s1. The number of hydrogen-bond donors (Lipinski definition) is 5. The second-order valence-electron chi connectivity index (χ2n) is 13.0. The highest BCUT2D eigenvalue weighted by Crippen LogP contribution is 2.44. The van der Waals surface area contributed by atoms with Crippen LogP contribution in [0.2, 0.25) is 5.02 Å². The molecule has 0 amide bonds. The van der Waals surface area contributed by atoms with Crippen LogP contribution in [0.5, 0.6) is 17.5 Å². The molecule has 0 aliphatic heterocycles. The lowest BCUT2D eigenvalue weighted by Crippen LogP contribution is -2.28. The third kappa shape index (κ3) is 10.4. The van der Waals surface area contributed by atoms with Crippen molar-refractivity contribution in [2.45, 2.75) is 44.6 Å². The molecular formula is C42H42ClN5O7. The second kappa shape index (κ2) is 19.2. The Hall–Kier alpha value is -5.55. The maximum atomic E-state index is 11.0. The number of halogens is 1. The topological polar surface area (TPSA) is 179 Å². The molecule has 0 unspecified atom stereocenters. The Labute approximate surface area is 324 Å². The molecule has 0 radical (unpaired) electrons. The normalized spacial score (nSPS) is 13.8. The van der Waals surface area contributed by atoms with Crippen molar-refractivity contribution in [1.82, 2.24) is 20.6 Å². The predicted molar refractivity (Wildman–Crippen MR) is 207 cm³/mol. The van der Waals surface area contributed by atoms with Crippen molar-refractivity contribution < 1.29 is 34.3 Å². The van der Waals surface area contributed by atoms with Gasteiger partial charge < -0.3 is 40.2 Å². The highest BCUT2D eigenvalue weighted by Gasteiger charge is 2.28. The van der Waals surface area contributed by atoms with Gasteiger partial charge in [0.15, 0.2) is 0 Å². The number of carboxylic acid groups (broad SMARTS) is 1. The number of aromatic nitrogens is 2. The fourth-order valence-corrected chi connectivity index (χ4v) is 6.82. The highest BCUT2D eigenvalue weighted by molar-refractivity contribution is 6.36. The number of fused-ring (bicyclic) bond motifs is 1. The van der Waals surface area contributed by atoms with Gasteiger partial charge in [-0.15, -0.1) is 0 Å². The predicted octanol–water partition coefficient (Wildman–Crippen LogP) is 5.87. The van der Waals surface area contributed by atoms with Gasteiger partial charge in [-0.05, 0) is 59.4 Å². The zero-order chi connectivity index (χ0) is 38.6. The van der Waals surface area contributed by atoms with Crippen molar-refractivity contribution in [3.8, 4) is 45.8 Å². The molecule has 6 rings (SSSR count). The molecule has 2 aromatic heterocycles. The van der Waals surface area contributed by atoms with Crippen LogP contribution >= 0.6 is 11.6 Å². The SMILES string of the molecule is N#Cc1cncc(COc2nc(O[C@H]3CCc4c(-c5cccc(-c6ccc(OCCNCCO)cc6)c5Cl)cccc43)ccc2CNC[C@@H](O)CC(=O)O)c1. The van der Waals surface area contributed by atoms with E-state index < -0.39 is 12.1 Å². The molecule has 5 aromatic rings. The molecule has 12 nitrogen and oxygen atoms in total. The summed E-state index contributed by atoms with van der Waals surface area (Å²) < 4.78 is 18.5. The van der Waals surface area contributed by atoms with E-state index in [-0.39, 0.29) is 38.8 Å². The molecule has 0 saturated heterocycles. The van der Waals surface area contributed by atoms with E-state index in [1.54, 1.807) is 18.3 Å². The monoisotopic (exact) mass is 763 g/mol. The van der Waals surface area contributed by atoms with Gasteiger partial charge in [0, 0.05) is 66.9 Å². The van der Waals surface area contributed by atoms with Gasteiger partial charge in [-0.2, -0.15) is 10.2 Å². The molecule has 3 aromatic carbocycles. The first-order valence-electron chi connectivity index (χ1n) is 18.0. The average molecular weight is 764 g/mol. The largest absolute Gasteiger partial charge is 0.492 e. The lowest BCUT2D eigenvalue weighted by molar-refractivity contribution is -0.139. The van der Waals surface area contributed by atoms with Gasteiger partial charge in [-0.25, -0.2) is 0 Å². The molecule has 0 bridgehead atoms. The zero-order valence-corrected chi connectivity index (χ0v) is 30.8. The number of ether oxygens (including phenoxy) is 3. The van der Waals surface area contributed by atoms with Gasteiger partial charge in [0.25, 0.3) is 0 Å². The van der Waals surface area contributed by atoms with E-state index in [1.165, 1.54) is 6.20 Å². The first-order chi connectivity index (χ1) is 26.8. The Morgan fingerprint density at radius 3 is 2.58 bits per heavy atom. The maximum Gasteiger partial charge on any atom is 0.306 e. The number of aliphatic hydroxyl groups excluding tert-OH is 2. The molecular weight excluding hydrogens is 722 g/mol. The summed E-state index contributed by atoms with van der Waals surface area (Å²) in [6.45, 7) is 2.19. The summed E-state index contributed by atoms with van der Waals surface area (Å²) >= 11 is 7.14. The third-order valence-corrected chi connectivity index (χ3v) is 9.49. The molecule has 0 saturated carbocycles. The summed E-state index contributed by atoms with van der Waals surface area (Å²) in [6.07, 6.45) is 2.91. The Kier molecular flexibility index (Phi) is 13.6. The summed E-state index contributed by atoms with van der Waals surface area (Å²) in [5, 5.41) is 44.0. The maximum absolute atomic E-state index is 11.0. The molecule has 284 valence electrons. The molecule has 0 spiro atoms. The first kappa shape index (κ1) is 39.2. The minimum Gasteiger partial charge on any atom is -0.492 e. The highest BCUT2D eigenvalue weighted by atomic mass is 35.5. The number of aliphatic hydroxyl groups is 2. The van der Waals surface area contributed by atoms with Gasteiger partial charge in [-0.3, -0.25) is 9.78 Å². The number of hydrogen-bond acceptors (Lipinski definition) is 11. The van der Waals surface area contributed by atoms with Crippen molar-refractivity contribution >= 4 is 17.6 Å². The molecule has 5 N–H and O–H groups in total. The molecule has 2 atom stereocenters. The smallest absolute Gasteiger partial charge is 0.306 e. The van der Waals surface area contributed by atoms with E-state index in [0.29, 0.717) is 53.2 Å². The van der Waals surface area contributed by atoms with Crippen LogP contribution in [0.4, 0.5) is 0 Å². The van der Waals surface area contributed by atoms with Gasteiger partial charge in [0.1, 0.15) is 31.1 Å². The van der Waals surface area contributed by atoms with Crippen LogP contribution in [-0.4, -0.2) is 70.2 Å². The Morgan fingerprint density at radius 1 is 0.982 bits per heavy atom. The molecule has 13 heteroatoms. The molecule has 1 aliphatic rings. The minimum atomic E-state index is -1.08. The average Bonchev–Trinajstić information content (AvgIpc) is 3.60. The van der Waals surface area contributed by atoms with Crippen molar-refractivity contribution in [2.24, 2.45) is 0 Å². The van der Waals surface area contributed by atoms with Crippen molar-refractivity contribution in [3.63, 3.8) is 0 Å². The number of nitriles is 1. The van der Waals surface area contributed by atoms with E-state index >= 15 is 0 Å². The van der Waals surface area contributed by atoms with Crippen molar-refractivity contribution in [3.05, 3.63) is 124 Å². The van der Waals surface area contributed by atoms with Crippen LogP contribution in [0.1, 0.15) is 46.8 Å². The zero-order valence-electron chi connectivity index (χ0n) is 30.1. The molecule has 0 fully saturated rings. The van der Waals surface area contributed by atoms with Gasteiger partial charge >= 0.3 is 5.97 Å². The summed E-state index contributed by atoms with van der Waals surface area (Å²) in [5.74, 6) is 0.333. The second-order valence-corrected chi connectivity index (χ2v) is 13.4. The Balaban J connectivity index is 1.18.